The van der Waals surface area contributed by atoms with Crippen molar-refractivity contribution in [1.29, 1.82) is 5.26 Å². The van der Waals surface area contributed by atoms with Gasteiger partial charge >= 0.3 is 0 Å². The average Bonchev–Trinajstić information content (AvgIpc) is 2.60. The van der Waals surface area contributed by atoms with Crippen molar-refractivity contribution < 1.29 is 14.5 Å². The van der Waals surface area contributed by atoms with Crippen LogP contribution in [0.1, 0.15) is 5.56 Å². The van der Waals surface area contributed by atoms with Crippen LogP contribution in [0.4, 0.5) is 11.4 Å². The lowest BCUT2D eigenvalue weighted by Gasteiger charge is -2.07. The summed E-state index contributed by atoms with van der Waals surface area (Å²) in [6, 6.07) is 12.6. The number of nitriles is 1. The van der Waals surface area contributed by atoms with Gasteiger partial charge in [-0.25, -0.2) is 0 Å². The van der Waals surface area contributed by atoms with Crippen LogP contribution in [0.15, 0.2) is 52.5 Å². The molecule has 0 fully saturated rings. The second-order valence-corrected chi connectivity index (χ2v) is 5.70. The zero-order chi connectivity index (χ0) is 18.4. The fraction of sp³-hybridized carbons (Fsp3) is 0.0588. The Morgan fingerprint density at radius 2 is 2.08 bits per heavy atom. The molecule has 1 N–H and O–H groups in total. The van der Waals surface area contributed by atoms with Gasteiger partial charge < -0.3 is 10.1 Å². The zero-order valence-electron chi connectivity index (χ0n) is 13.0. The van der Waals surface area contributed by atoms with Crippen LogP contribution in [0.2, 0.25) is 0 Å². The van der Waals surface area contributed by atoms with Gasteiger partial charge in [0.2, 0.25) is 0 Å². The molecule has 0 saturated carbocycles. The maximum Gasteiger partial charge on any atom is 0.292 e. The van der Waals surface area contributed by atoms with Crippen LogP contribution < -0.4 is 10.1 Å². The molecular formula is C17H12BrN3O4. The molecule has 0 heterocycles. The van der Waals surface area contributed by atoms with E-state index >= 15 is 0 Å². The minimum absolute atomic E-state index is 0.0138. The van der Waals surface area contributed by atoms with E-state index < -0.39 is 10.8 Å². The van der Waals surface area contributed by atoms with Crippen molar-refractivity contribution in [2.24, 2.45) is 0 Å². The van der Waals surface area contributed by atoms with Crippen LogP contribution in [0.3, 0.4) is 0 Å². The van der Waals surface area contributed by atoms with Gasteiger partial charge in [-0.2, -0.15) is 5.26 Å². The number of rotatable bonds is 5. The van der Waals surface area contributed by atoms with Gasteiger partial charge in [-0.15, -0.1) is 0 Å². The molecule has 0 aliphatic heterocycles. The Hall–Kier alpha value is -3.18. The quantitative estimate of drug-likeness (QED) is 0.353. The highest BCUT2D eigenvalue weighted by Gasteiger charge is 2.17. The van der Waals surface area contributed by atoms with Crippen molar-refractivity contribution in [3.05, 3.63) is 68.2 Å². The smallest absolute Gasteiger partial charge is 0.292 e. The number of amides is 1. The van der Waals surface area contributed by atoms with E-state index in [1.54, 1.807) is 30.3 Å². The first-order valence-electron chi connectivity index (χ1n) is 6.96. The van der Waals surface area contributed by atoms with Crippen molar-refractivity contribution >= 4 is 39.3 Å². The maximum atomic E-state index is 12.3. The molecule has 2 aromatic carbocycles. The molecule has 2 aromatic rings. The van der Waals surface area contributed by atoms with Gasteiger partial charge in [0.05, 0.1) is 12.0 Å². The van der Waals surface area contributed by atoms with Gasteiger partial charge in [0.1, 0.15) is 23.1 Å². The molecule has 126 valence electrons. The topological polar surface area (TPSA) is 105 Å². The van der Waals surface area contributed by atoms with Crippen LogP contribution in [-0.4, -0.2) is 17.9 Å². The first-order chi connectivity index (χ1) is 12.0. The lowest BCUT2D eigenvalue weighted by molar-refractivity contribution is -0.383. The average molecular weight is 402 g/mol. The zero-order valence-corrected chi connectivity index (χ0v) is 14.6. The normalized spacial score (nSPS) is 10.7. The van der Waals surface area contributed by atoms with Crippen LogP contribution in [0.25, 0.3) is 6.08 Å². The molecular weight excluding hydrogens is 390 g/mol. The van der Waals surface area contributed by atoms with E-state index in [1.807, 2.05) is 0 Å². The molecule has 0 aliphatic rings. The Labute approximate surface area is 151 Å². The number of anilines is 1. The number of nitro benzene ring substituents is 1. The van der Waals surface area contributed by atoms with E-state index in [2.05, 4.69) is 21.2 Å². The summed E-state index contributed by atoms with van der Waals surface area (Å²) in [5.41, 5.74) is 0.0636. The highest BCUT2D eigenvalue weighted by atomic mass is 79.9. The predicted octanol–water partition coefficient (Wildman–Crippen LogP) is 3.91. The monoisotopic (exact) mass is 401 g/mol. The molecule has 0 saturated heterocycles. The molecule has 2 rings (SSSR count). The molecule has 7 nitrogen and oxygen atoms in total. The number of ether oxygens (including phenoxy) is 1. The Bertz CT molecular complexity index is 903. The number of benzene rings is 2. The van der Waals surface area contributed by atoms with Crippen molar-refractivity contribution in [3.8, 4) is 11.8 Å². The van der Waals surface area contributed by atoms with Gasteiger partial charge in [0.15, 0.2) is 0 Å². The van der Waals surface area contributed by atoms with Crippen LogP contribution in [-0.2, 0) is 4.79 Å². The summed E-state index contributed by atoms with van der Waals surface area (Å²) < 4.78 is 5.94. The SMILES string of the molecule is COc1ccc(Br)cc1/C=C(\C#N)C(=O)Nc1ccccc1[N+](=O)[O-]. The largest absolute Gasteiger partial charge is 0.496 e. The van der Waals surface area contributed by atoms with E-state index in [-0.39, 0.29) is 16.9 Å². The van der Waals surface area contributed by atoms with Crippen molar-refractivity contribution in [1.82, 2.24) is 0 Å². The molecule has 25 heavy (non-hydrogen) atoms. The minimum atomic E-state index is -0.751. The van der Waals surface area contributed by atoms with E-state index in [1.165, 1.54) is 31.4 Å². The summed E-state index contributed by atoms with van der Waals surface area (Å²) in [4.78, 5) is 22.7. The molecule has 0 unspecified atom stereocenters. The number of para-hydroxylation sites is 2. The first-order valence-corrected chi connectivity index (χ1v) is 7.75. The van der Waals surface area contributed by atoms with E-state index in [0.717, 1.165) is 4.47 Å². The molecule has 0 aliphatic carbocycles. The maximum absolute atomic E-state index is 12.3. The lowest BCUT2D eigenvalue weighted by atomic mass is 10.1. The van der Waals surface area contributed by atoms with Gasteiger partial charge in [-0.05, 0) is 30.3 Å². The number of carbonyl (C=O) groups is 1. The number of nitrogens with one attached hydrogen (secondary N) is 1. The van der Waals surface area contributed by atoms with Gasteiger partial charge in [0, 0.05) is 16.1 Å². The van der Waals surface area contributed by atoms with E-state index in [0.29, 0.717) is 11.3 Å². The Morgan fingerprint density at radius 3 is 2.72 bits per heavy atom. The Kier molecular flexibility index (Phi) is 5.87. The summed E-state index contributed by atoms with van der Waals surface area (Å²) in [6.07, 6.45) is 1.35. The molecule has 8 heteroatoms. The van der Waals surface area contributed by atoms with E-state index in [4.69, 9.17) is 4.74 Å². The summed E-state index contributed by atoms with van der Waals surface area (Å²) in [5, 5.41) is 22.7. The number of nitro groups is 1. The third kappa shape index (κ3) is 4.43. The fourth-order valence-electron chi connectivity index (χ4n) is 2.05. The van der Waals surface area contributed by atoms with Gasteiger partial charge in [0.25, 0.3) is 11.6 Å². The summed E-state index contributed by atoms with van der Waals surface area (Å²) in [5.74, 6) is -0.270. The van der Waals surface area contributed by atoms with Crippen molar-refractivity contribution in [2.45, 2.75) is 0 Å². The number of halogens is 1. The third-order valence-electron chi connectivity index (χ3n) is 3.21. The number of nitrogens with zero attached hydrogens (tertiary/aromatic N) is 2. The van der Waals surface area contributed by atoms with Crippen LogP contribution in [0.5, 0.6) is 5.75 Å². The lowest BCUT2D eigenvalue weighted by Crippen LogP contribution is -2.14. The Morgan fingerprint density at radius 1 is 1.36 bits per heavy atom. The van der Waals surface area contributed by atoms with Crippen LogP contribution >= 0.6 is 15.9 Å². The minimum Gasteiger partial charge on any atom is -0.496 e. The van der Waals surface area contributed by atoms with Gasteiger partial charge in [-0.1, -0.05) is 28.1 Å². The number of hydrogen-bond donors (Lipinski definition) is 1. The van der Waals surface area contributed by atoms with Crippen molar-refractivity contribution in [2.75, 3.05) is 12.4 Å². The predicted molar refractivity (Wildman–Crippen MR) is 96.0 cm³/mol. The highest BCUT2D eigenvalue weighted by Crippen LogP contribution is 2.27. The second kappa shape index (κ2) is 8.08. The summed E-state index contributed by atoms with van der Waals surface area (Å²) >= 11 is 3.31. The highest BCUT2D eigenvalue weighted by molar-refractivity contribution is 9.10. The van der Waals surface area contributed by atoms with Gasteiger partial charge in [-0.3, -0.25) is 14.9 Å². The molecule has 0 radical (unpaired) electrons. The van der Waals surface area contributed by atoms with Crippen LogP contribution in [0, 0.1) is 21.4 Å². The number of methoxy groups -OCH3 is 1. The number of carbonyl (C=O) groups excluding carboxylic acids is 1. The molecule has 0 aromatic heterocycles. The standard InChI is InChI=1S/C17H12BrN3O4/c1-25-16-7-6-13(18)9-11(16)8-12(10-19)17(22)20-14-4-2-3-5-15(14)21(23)24/h2-9H,1H3,(H,20,22)/b12-8+. The van der Waals surface area contributed by atoms with Crippen molar-refractivity contribution in [3.63, 3.8) is 0 Å². The first kappa shape index (κ1) is 18.2. The molecule has 0 spiro atoms. The molecule has 0 atom stereocenters. The Balaban J connectivity index is 2.36. The molecule has 0 bridgehead atoms. The second-order valence-electron chi connectivity index (χ2n) is 4.78. The van der Waals surface area contributed by atoms with E-state index in [9.17, 15) is 20.2 Å². The summed E-state index contributed by atoms with van der Waals surface area (Å²) in [7, 11) is 1.47. The summed E-state index contributed by atoms with van der Waals surface area (Å²) in [6.45, 7) is 0. The fourth-order valence-corrected chi connectivity index (χ4v) is 2.43. The number of hydrogen-bond acceptors (Lipinski definition) is 5. The third-order valence-corrected chi connectivity index (χ3v) is 3.70. The molecule has 1 amide bonds.